The summed E-state index contributed by atoms with van der Waals surface area (Å²) in [6.07, 6.45) is 2.56. The van der Waals surface area contributed by atoms with Crippen molar-refractivity contribution in [1.82, 2.24) is 5.32 Å². The third kappa shape index (κ3) is 3.20. The van der Waals surface area contributed by atoms with E-state index >= 15 is 0 Å². The Bertz CT molecular complexity index is 588. The van der Waals surface area contributed by atoms with Crippen LogP contribution in [0.25, 0.3) is 11.0 Å². The predicted octanol–water partition coefficient (Wildman–Crippen LogP) is 3.47. The van der Waals surface area contributed by atoms with Crippen molar-refractivity contribution in [2.45, 2.75) is 45.7 Å². The number of carbonyl (C=O) groups is 1. The molecule has 2 rings (SSSR count). The molecule has 1 aromatic carbocycles. The number of carboxylic acid groups (broad SMARTS) is 1. The van der Waals surface area contributed by atoms with Crippen LogP contribution < -0.4 is 5.32 Å². The van der Waals surface area contributed by atoms with Crippen LogP contribution in [-0.4, -0.2) is 17.1 Å². The van der Waals surface area contributed by atoms with E-state index in [-0.39, 0.29) is 0 Å². The number of hydrogen-bond acceptors (Lipinski definition) is 3. The number of benzene rings is 1. The van der Waals surface area contributed by atoms with Crippen molar-refractivity contribution >= 4 is 16.9 Å². The topological polar surface area (TPSA) is 62.5 Å². The SMILES string of the molecule is CCCCC(NCc1c(C)oc2ccccc12)C(=O)O. The van der Waals surface area contributed by atoms with Crippen LogP contribution in [0.1, 0.15) is 37.5 Å². The Balaban J connectivity index is 2.11. The van der Waals surface area contributed by atoms with Gasteiger partial charge in [0.25, 0.3) is 0 Å². The first kappa shape index (κ1) is 14.6. The highest BCUT2D eigenvalue weighted by Crippen LogP contribution is 2.25. The number of para-hydroxylation sites is 1. The van der Waals surface area contributed by atoms with E-state index in [1.54, 1.807) is 0 Å². The molecule has 0 fully saturated rings. The number of aliphatic carboxylic acids is 1. The van der Waals surface area contributed by atoms with Gasteiger partial charge in [-0.3, -0.25) is 4.79 Å². The first-order valence-electron chi connectivity index (χ1n) is 7.06. The standard InChI is InChI=1S/C16H21NO3/c1-3-4-8-14(16(18)19)17-10-13-11(2)20-15-9-6-5-7-12(13)15/h5-7,9,14,17H,3-4,8,10H2,1-2H3,(H,18,19). The minimum absolute atomic E-state index is 0.497. The summed E-state index contributed by atoms with van der Waals surface area (Å²) >= 11 is 0. The first-order valence-corrected chi connectivity index (χ1v) is 7.06. The van der Waals surface area contributed by atoms with E-state index in [0.717, 1.165) is 35.1 Å². The summed E-state index contributed by atoms with van der Waals surface area (Å²) in [6.45, 7) is 4.50. The number of rotatable bonds is 7. The van der Waals surface area contributed by atoms with Crippen molar-refractivity contribution < 1.29 is 14.3 Å². The van der Waals surface area contributed by atoms with Crippen molar-refractivity contribution in [3.8, 4) is 0 Å². The van der Waals surface area contributed by atoms with Gasteiger partial charge in [-0.25, -0.2) is 0 Å². The molecule has 1 heterocycles. The number of carboxylic acids is 1. The molecule has 20 heavy (non-hydrogen) atoms. The number of aryl methyl sites for hydroxylation is 1. The maximum atomic E-state index is 11.2. The molecule has 1 atom stereocenters. The summed E-state index contributed by atoms with van der Waals surface area (Å²) in [5.74, 6) is 0.0576. The van der Waals surface area contributed by atoms with E-state index in [1.807, 2.05) is 31.2 Å². The molecule has 2 aromatic rings. The van der Waals surface area contributed by atoms with Crippen LogP contribution in [0.5, 0.6) is 0 Å². The largest absolute Gasteiger partial charge is 0.480 e. The van der Waals surface area contributed by atoms with Crippen LogP contribution in [0.4, 0.5) is 0 Å². The maximum absolute atomic E-state index is 11.2. The third-order valence-corrected chi connectivity index (χ3v) is 3.57. The van der Waals surface area contributed by atoms with Gasteiger partial charge in [-0.15, -0.1) is 0 Å². The third-order valence-electron chi connectivity index (χ3n) is 3.57. The van der Waals surface area contributed by atoms with Gasteiger partial charge < -0.3 is 14.8 Å². The van der Waals surface area contributed by atoms with Crippen LogP contribution in [0.2, 0.25) is 0 Å². The molecule has 0 aliphatic rings. The number of furan rings is 1. The fraction of sp³-hybridized carbons (Fsp3) is 0.438. The van der Waals surface area contributed by atoms with Crippen molar-refractivity contribution in [1.29, 1.82) is 0 Å². The molecule has 0 aliphatic heterocycles. The maximum Gasteiger partial charge on any atom is 0.320 e. The summed E-state index contributed by atoms with van der Waals surface area (Å²) in [7, 11) is 0. The highest BCUT2D eigenvalue weighted by molar-refractivity contribution is 5.82. The van der Waals surface area contributed by atoms with E-state index in [1.165, 1.54) is 0 Å². The molecule has 0 radical (unpaired) electrons. The quantitative estimate of drug-likeness (QED) is 0.812. The lowest BCUT2D eigenvalue weighted by atomic mass is 10.1. The Morgan fingerprint density at radius 1 is 1.40 bits per heavy atom. The smallest absolute Gasteiger partial charge is 0.320 e. The molecule has 4 nitrogen and oxygen atoms in total. The number of fused-ring (bicyclic) bond motifs is 1. The molecule has 0 bridgehead atoms. The van der Waals surface area contributed by atoms with Crippen molar-refractivity contribution in [2.75, 3.05) is 0 Å². The molecule has 1 unspecified atom stereocenters. The summed E-state index contributed by atoms with van der Waals surface area (Å²) in [5, 5.41) is 13.4. The second-order valence-electron chi connectivity index (χ2n) is 5.05. The summed E-state index contributed by atoms with van der Waals surface area (Å²) in [6, 6.07) is 7.33. The molecule has 4 heteroatoms. The van der Waals surface area contributed by atoms with Crippen molar-refractivity contribution in [3.05, 3.63) is 35.6 Å². The zero-order chi connectivity index (χ0) is 14.5. The van der Waals surface area contributed by atoms with Crippen LogP contribution >= 0.6 is 0 Å². The molecule has 0 aliphatic carbocycles. The van der Waals surface area contributed by atoms with Gasteiger partial charge >= 0.3 is 5.97 Å². The highest BCUT2D eigenvalue weighted by atomic mass is 16.4. The summed E-state index contributed by atoms with van der Waals surface area (Å²) in [5.41, 5.74) is 1.89. The minimum Gasteiger partial charge on any atom is -0.480 e. The zero-order valence-electron chi connectivity index (χ0n) is 12.0. The van der Waals surface area contributed by atoms with E-state index in [9.17, 15) is 9.90 Å². The van der Waals surface area contributed by atoms with Crippen LogP contribution in [0, 0.1) is 6.92 Å². The number of hydrogen-bond donors (Lipinski definition) is 2. The number of unbranched alkanes of at least 4 members (excludes halogenated alkanes) is 1. The molecule has 0 amide bonds. The van der Waals surface area contributed by atoms with Crippen molar-refractivity contribution in [2.24, 2.45) is 0 Å². The molecule has 0 spiro atoms. The fourth-order valence-corrected chi connectivity index (χ4v) is 2.39. The van der Waals surface area contributed by atoms with Gasteiger partial charge in [-0.2, -0.15) is 0 Å². The van der Waals surface area contributed by atoms with Gasteiger partial charge in [0.1, 0.15) is 17.4 Å². The monoisotopic (exact) mass is 275 g/mol. The average Bonchev–Trinajstić information content (AvgIpc) is 2.74. The van der Waals surface area contributed by atoms with Crippen LogP contribution in [0.15, 0.2) is 28.7 Å². The molecular formula is C16H21NO3. The Hall–Kier alpha value is -1.81. The zero-order valence-corrected chi connectivity index (χ0v) is 12.0. The molecule has 2 N–H and O–H groups in total. The molecule has 0 saturated carbocycles. The van der Waals surface area contributed by atoms with Gasteiger partial charge in [0.05, 0.1) is 0 Å². The molecular weight excluding hydrogens is 254 g/mol. The lowest BCUT2D eigenvalue weighted by Gasteiger charge is -2.13. The van der Waals surface area contributed by atoms with Crippen LogP contribution in [0.3, 0.4) is 0 Å². The average molecular weight is 275 g/mol. The summed E-state index contributed by atoms with van der Waals surface area (Å²) < 4.78 is 5.69. The van der Waals surface area contributed by atoms with E-state index in [0.29, 0.717) is 13.0 Å². The Morgan fingerprint density at radius 3 is 2.85 bits per heavy atom. The number of nitrogens with one attached hydrogen (secondary N) is 1. The van der Waals surface area contributed by atoms with Gasteiger partial charge in [0, 0.05) is 17.5 Å². The van der Waals surface area contributed by atoms with Gasteiger partial charge in [-0.1, -0.05) is 38.0 Å². The van der Waals surface area contributed by atoms with Gasteiger partial charge in [0.2, 0.25) is 0 Å². The van der Waals surface area contributed by atoms with E-state index < -0.39 is 12.0 Å². The van der Waals surface area contributed by atoms with Crippen LogP contribution in [-0.2, 0) is 11.3 Å². The fourth-order valence-electron chi connectivity index (χ4n) is 2.39. The lowest BCUT2D eigenvalue weighted by Crippen LogP contribution is -2.36. The minimum atomic E-state index is -0.788. The predicted molar refractivity (Wildman–Crippen MR) is 78.7 cm³/mol. The van der Waals surface area contributed by atoms with Crippen molar-refractivity contribution in [3.63, 3.8) is 0 Å². The molecule has 0 saturated heterocycles. The Morgan fingerprint density at radius 2 is 2.15 bits per heavy atom. The van der Waals surface area contributed by atoms with Gasteiger partial charge in [-0.05, 0) is 19.4 Å². The summed E-state index contributed by atoms with van der Waals surface area (Å²) in [4.78, 5) is 11.2. The second-order valence-corrected chi connectivity index (χ2v) is 5.05. The molecule has 1 aromatic heterocycles. The Labute approximate surface area is 118 Å². The Kier molecular flexibility index (Phi) is 4.79. The normalized spacial score (nSPS) is 12.7. The first-order chi connectivity index (χ1) is 9.63. The highest BCUT2D eigenvalue weighted by Gasteiger charge is 2.18. The van der Waals surface area contributed by atoms with E-state index in [4.69, 9.17) is 4.42 Å². The lowest BCUT2D eigenvalue weighted by molar-refractivity contribution is -0.139. The molecule has 108 valence electrons. The van der Waals surface area contributed by atoms with E-state index in [2.05, 4.69) is 12.2 Å². The second kappa shape index (κ2) is 6.57. The van der Waals surface area contributed by atoms with Gasteiger partial charge in [0.15, 0.2) is 0 Å².